The SMILES string of the molecule is CC(C)[Si](Oc1cc2c(s1)CCN(C(C(=O)C1CC1)c1ccccc1F)C2)(C(C)C)C(C)C. The monoisotopic (exact) mass is 487 g/mol. The molecule has 0 spiro atoms. The average Bonchev–Trinajstić information content (AvgIpc) is 3.52. The van der Waals surface area contributed by atoms with Gasteiger partial charge in [0.1, 0.15) is 5.82 Å². The van der Waals surface area contributed by atoms with Crippen molar-refractivity contribution in [1.82, 2.24) is 4.90 Å². The second kappa shape index (κ2) is 9.63. The minimum absolute atomic E-state index is 0.0899. The first-order valence-electron chi connectivity index (χ1n) is 12.5. The van der Waals surface area contributed by atoms with Crippen molar-refractivity contribution in [1.29, 1.82) is 0 Å². The lowest BCUT2D eigenvalue weighted by Gasteiger charge is -2.41. The van der Waals surface area contributed by atoms with Crippen LogP contribution in [0.1, 0.15) is 76.4 Å². The minimum Gasteiger partial charge on any atom is -0.536 e. The zero-order valence-electron chi connectivity index (χ0n) is 20.9. The number of hydrogen-bond acceptors (Lipinski definition) is 4. The minimum atomic E-state index is -2.01. The largest absolute Gasteiger partial charge is 0.536 e. The first-order chi connectivity index (χ1) is 15.6. The fraction of sp³-hybridized carbons (Fsp3) is 0.593. The molecule has 0 radical (unpaired) electrons. The molecule has 3 nitrogen and oxygen atoms in total. The van der Waals surface area contributed by atoms with E-state index in [4.69, 9.17) is 4.43 Å². The summed E-state index contributed by atoms with van der Waals surface area (Å²) in [6.07, 6.45) is 2.75. The Labute approximate surface area is 203 Å². The molecule has 2 aliphatic rings. The predicted octanol–water partition coefficient (Wildman–Crippen LogP) is 7.52. The number of Topliss-reactive ketones (excluding diaryl/α,β-unsaturated/α-hetero) is 1. The van der Waals surface area contributed by atoms with Crippen molar-refractivity contribution in [3.05, 3.63) is 52.2 Å². The molecule has 1 fully saturated rings. The van der Waals surface area contributed by atoms with Gasteiger partial charge in [0.25, 0.3) is 8.32 Å². The fourth-order valence-corrected chi connectivity index (χ4v) is 12.6. The van der Waals surface area contributed by atoms with Crippen molar-refractivity contribution >= 4 is 25.4 Å². The second-order valence-electron chi connectivity index (χ2n) is 10.8. The molecule has 0 bridgehead atoms. The smallest absolute Gasteiger partial charge is 0.259 e. The van der Waals surface area contributed by atoms with Crippen LogP contribution in [-0.4, -0.2) is 25.5 Å². The molecule has 0 N–H and O–H groups in total. The number of thiophene rings is 1. The molecule has 4 rings (SSSR count). The zero-order valence-corrected chi connectivity index (χ0v) is 22.7. The highest BCUT2D eigenvalue weighted by molar-refractivity contribution is 7.14. The fourth-order valence-electron chi connectivity index (χ4n) is 5.94. The first-order valence-corrected chi connectivity index (χ1v) is 15.4. The maximum Gasteiger partial charge on any atom is 0.259 e. The topological polar surface area (TPSA) is 29.5 Å². The molecule has 1 aromatic carbocycles. The van der Waals surface area contributed by atoms with E-state index in [1.165, 1.54) is 16.5 Å². The van der Waals surface area contributed by atoms with Crippen LogP contribution in [0.3, 0.4) is 0 Å². The molecule has 6 heteroatoms. The van der Waals surface area contributed by atoms with E-state index in [1.807, 2.05) is 6.07 Å². The molecule has 2 heterocycles. The summed E-state index contributed by atoms with van der Waals surface area (Å²) in [5.41, 5.74) is 3.33. The van der Waals surface area contributed by atoms with E-state index in [0.717, 1.165) is 30.9 Å². The molecule has 1 unspecified atom stereocenters. The summed E-state index contributed by atoms with van der Waals surface area (Å²) in [7, 11) is -2.01. The number of carbonyl (C=O) groups excluding carboxylic acids is 1. The number of benzene rings is 1. The number of rotatable bonds is 9. The third kappa shape index (κ3) is 4.71. The van der Waals surface area contributed by atoms with Crippen molar-refractivity contribution in [2.75, 3.05) is 6.54 Å². The van der Waals surface area contributed by atoms with Crippen LogP contribution in [0.25, 0.3) is 0 Å². The van der Waals surface area contributed by atoms with E-state index < -0.39 is 14.4 Å². The summed E-state index contributed by atoms with van der Waals surface area (Å²) < 4.78 is 21.7. The average molecular weight is 488 g/mol. The molecule has 1 saturated carbocycles. The van der Waals surface area contributed by atoms with E-state index in [2.05, 4.69) is 52.5 Å². The molecule has 180 valence electrons. The van der Waals surface area contributed by atoms with Gasteiger partial charge in [0, 0.05) is 29.4 Å². The van der Waals surface area contributed by atoms with Crippen LogP contribution in [0.2, 0.25) is 16.6 Å². The Bertz CT molecular complexity index is 976. The van der Waals surface area contributed by atoms with Gasteiger partial charge < -0.3 is 4.43 Å². The summed E-state index contributed by atoms with van der Waals surface area (Å²) in [6, 6.07) is 8.51. The van der Waals surface area contributed by atoms with Crippen LogP contribution in [0, 0.1) is 11.7 Å². The molecule has 2 aromatic rings. The van der Waals surface area contributed by atoms with Gasteiger partial charge in [0.2, 0.25) is 0 Å². The van der Waals surface area contributed by atoms with Gasteiger partial charge in [-0.05, 0) is 53.6 Å². The number of nitrogens with zero attached hydrogens (tertiary/aromatic N) is 1. The standard InChI is InChI=1S/C27H38FNO2SSi/c1-17(2)33(18(3)4,19(5)6)31-25-15-21-16-29(14-13-24(21)32-25)26(27(30)20-11-12-20)22-9-7-8-10-23(22)28/h7-10,15,17-20,26H,11-14,16H2,1-6H3. The first kappa shape index (κ1) is 24.6. The van der Waals surface area contributed by atoms with Crippen LogP contribution >= 0.6 is 11.3 Å². The number of ketones is 1. The van der Waals surface area contributed by atoms with Gasteiger partial charge in [-0.1, -0.05) is 59.7 Å². The van der Waals surface area contributed by atoms with Crippen molar-refractivity contribution in [3.63, 3.8) is 0 Å². The lowest BCUT2D eigenvalue weighted by molar-refractivity contribution is -0.126. The van der Waals surface area contributed by atoms with Crippen molar-refractivity contribution in [3.8, 4) is 5.06 Å². The van der Waals surface area contributed by atoms with Gasteiger partial charge in [-0.15, -0.1) is 11.3 Å². The van der Waals surface area contributed by atoms with Crippen LogP contribution in [-0.2, 0) is 17.8 Å². The Morgan fingerprint density at radius 2 is 1.73 bits per heavy atom. The predicted molar refractivity (Wildman–Crippen MR) is 137 cm³/mol. The highest BCUT2D eigenvalue weighted by Crippen LogP contribution is 2.46. The van der Waals surface area contributed by atoms with Crippen molar-refractivity contribution in [2.24, 2.45) is 5.92 Å². The number of fused-ring (bicyclic) bond motifs is 1. The summed E-state index contributed by atoms with van der Waals surface area (Å²) in [6.45, 7) is 15.3. The maximum absolute atomic E-state index is 14.8. The normalized spacial score (nSPS) is 18.1. The lowest BCUT2D eigenvalue weighted by atomic mass is 9.95. The zero-order chi connectivity index (χ0) is 23.9. The van der Waals surface area contributed by atoms with E-state index in [9.17, 15) is 9.18 Å². The van der Waals surface area contributed by atoms with Crippen LogP contribution < -0.4 is 4.43 Å². The van der Waals surface area contributed by atoms with Crippen molar-refractivity contribution in [2.45, 2.75) is 90.0 Å². The molecule has 1 atom stereocenters. The van der Waals surface area contributed by atoms with Gasteiger partial charge in [-0.3, -0.25) is 9.69 Å². The van der Waals surface area contributed by atoms with E-state index in [0.29, 0.717) is 28.7 Å². The van der Waals surface area contributed by atoms with Gasteiger partial charge >= 0.3 is 0 Å². The van der Waals surface area contributed by atoms with Crippen LogP contribution in [0.4, 0.5) is 4.39 Å². The summed E-state index contributed by atoms with van der Waals surface area (Å²) in [4.78, 5) is 16.8. The molecule has 1 aliphatic carbocycles. The van der Waals surface area contributed by atoms with E-state index in [1.54, 1.807) is 23.5 Å². The Balaban J connectivity index is 1.61. The third-order valence-electron chi connectivity index (χ3n) is 7.67. The van der Waals surface area contributed by atoms with E-state index >= 15 is 0 Å². The Hall–Kier alpha value is -1.50. The molecule has 0 saturated heterocycles. The summed E-state index contributed by atoms with van der Waals surface area (Å²) in [5.74, 6) is -0.00793. The highest BCUT2D eigenvalue weighted by Gasteiger charge is 2.47. The number of halogens is 1. The Morgan fingerprint density at radius 3 is 2.30 bits per heavy atom. The molecular weight excluding hydrogens is 449 g/mol. The van der Waals surface area contributed by atoms with Crippen LogP contribution in [0.5, 0.6) is 5.06 Å². The third-order valence-corrected chi connectivity index (χ3v) is 14.9. The van der Waals surface area contributed by atoms with Crippen molar-refractivity contribution < 1.29 is 13.6 Å². The van der Waals surface area contributed by atoms with Gasteiger partial charge in [-0.2, -0.15) is 0 Å². The van der Waals surface area contributed by atoms with Gasteiger partial charge in [-0.25, -0.2) is 4.39 Å². The molecular formula is C27H38FNO2SSi. The second-order valence-corrected chi connectivity index (χ2v) is 17.2. The van der Waals surface area contributed by atoms with Gasteiger partial charge in [0.15, 0.2) is 10.8 Å². The molecule has 0 amide bonds. The quantitative estimate of drug-likeness (QED) is 0.343. The lowest BCUT2D eigenvalue weighted by Crippen LogP contribution is -2.50. The summed E-state index contributed by atoms with van der Waals surface area (Å²) >= 11 is 1.78. The Kier molecular flexibility index (Phi) is 7.18. The highest BCUT2D eigenvalue weighted by atomic mass is 32.1. The van der Waals surface area contributed by atoms with Gasteiger partial charge in [0.05, 0.1) is 6.04 Å². The number of hydrogen-bond donors (Lipinski definition) is 0. The maximum atomic E-state index is 14.8. The summed E-state index contributed by atoms with van der Waals surface area (Å²) in [5, 5.41) is 1.03. The molecule has 1 aliphatic heterocycles. The molecule has 33 heavy (non-hydrogen) atoms. The van der Waals surface area contributed by atoms with E-state index in [-0.39, 0.29) is 17.5 Å². The van der Waals surface area contributed by atoms with Crippen LogP contribution in [0.15, 0.2) is 30.3 Å². The number of carbonyl (C=O) groups is 1. The Morgan fingerprint density at radius 1 is 1.09 bits per heavy atom. The molecule has 1 aromatic heterocycles.